The Kier molecular flexibility index (Phi) is 9.94. The molecule has 3 aliphatic rings. The lowest BCUT2D eigenvalue weighted by molar-refractivity contribution is -0.139. The maximum Gasteiger partial charge on any atom is 0.264 e. The van der Waals surface area contributed by atoms with Crippen LogP contribution in [-0.2, 0) is 28.2 Å². The topological polar surface area (TPSA) is 101 Å². The summed E-state index contributed by atoms with van der Waals surface area (Å²) in [5.74, 6) is -1.46. The van der Waals surface area contributed by atoms with Gasteiger partial charge < -0.3 is 20.0 Å². The molecule has 53 heavy (non-hydrogen) atoms. The molecule has 7 rings (SSSR count). The Labute approximate surface area is 311 Å². The van der Waals surface area contributed by atoms with Gasteiger partial charge in [-0.1, -0.05) is 90.9 Å². The highest BCUT2D eigenvalue weighted by Gasteiger charge is 2.52. The molecule has 0 radical (unpaired) electrons. The molecule has 3 amide bonds. The minimum atomic E-state index is -1.95. The van der Waals surface area contributed by atoms with E-state index in [9.17, 15) is 24.6 Å². The molecule has 272 valence electrons. The van der Waals surface area contributed by atoms with E-state index < -0.39 is 17.4 Å². The van der Waals surface area contributed by atoms with Gasteiger partial charge in [-0.05, 0) is 86.9 Å². The average Bonchev–Trinajstić information content (AvgIpc) is 3.57. The van der Waals surface area contributed by atoms with E-state index in [1.165, 1.54) is 5.57 Å². The largest absolute Gasteiger partial charge is 0.394 e. The first-order valence-corrected chi connectivity index (χ1v) is 18.5. The molecule has 0 aliphatic carbocycles. The number of benzene rings is 4. The lowest BCUT2D eigenvalue weighted by Crippen LogP contribution is -2.46. The smallest absolute Gasteiger partial charge is 0.264 e. The van der Waals surface area contributed by atoms with Crippen LogP contribution in [-0.4, -0.2) is 52.0 Å². The fourth-order valence-corrected chi connectivity index (χ4v) is 8.04. The quantitative estimate of drug-likeness (QED) is 0.154. The summed E-state index contributed by atoms with van der Waals surface area (Å²) in [6.07, 6.45) is 10.1. The second-order valence-corrected chi connectivity index (χ2v) is 14.8. The summed E-state index contributed by atoms with van der Waals surface area (Å²) < 4.78 is 0. The van der Waals surface area contributed by atoms with E-state index in [0.29, 0.717) is 35.5 Å². The predicted molar refractivity (Wildman–Crippen MR) is 210 cm³/mol. The number of carbonyl (C=O) groups excluding carboxylic acids is 3. The van der Waals surface area contributed by atoms with Crippen molar-refractivity contribution in [3.63, 3.8) is 0 Å². The van der Waals surface area contributed by atoms with Gasteiger partial charge in [-0.15, -0.1) is 0 Å². The molecule has 0 bridgehead atoms. The van der Waals surface area contributed by atoms with Crippen molar-refractivity contribution in [2.24, 2.45) is 5.92 Å². The van der Waals surface area contributed by atoms with Crippen LogP contribution in [0.15, 0.2) is 114 Å². The highest BCUT2D eigenvalue weighted by atomic mass is 16.3. The van der Waals surface area contributed by atoms with Crippen LogP contribution in [0.4, 0.5) is 17.1 Å². The zero-order valence-corrected chi connectivity index (χ0v) is 30.9. The molecule has 0 aromatic heterocycles. The monoisotopic (exact) mass is 709 g/mol. The van der Waals surface area contributed by atoms with Crippen LogP contribution in [0, 0.1) is 5.92 Å². The Morgan fingerprint density at radius 3 is 2.45 bits per heavy atom. The Balaban J connectivity index is 1.19. The van der Waals surface area contributed by atoms with Crippen molar-refractivity contribution in [2.75, 3.05) is 23.0 Å². The van der Waals surface area contributed by atoms with Gasteiger partial charge in [-0.25, -0.2) is 0 Å². The van der Waals surface area contributed by atoms with Gasteiger partial charge in [-0.2, -0.15) is 0 Å². The van der Waals surface area contributed by atoms with Gasteiger partial charge in [0.1, 0.15) is 0 Å². The van der Waals surface area contributed by atoms with Crippen molar-refractivity contribution >= 4 is 45.6 Å². The van der Waals surface area contributed by atoms with Crippen LogP contribution in [0.5, 0.6) is 0 Å². The fourth-order valence-electron chi connectivity index (χ4n) is 8.04. The molecule has 4 aromatic rings. The van der Waals surface area contributed by atoms with E-state index in [2.05, 4.69) is 26.8 Å². The summed E-state index contributed by atoms with van der Waals surface area (Å²) in [5.41, 5.74) is 5.60. The van der Waals surface area contributed by atoms with Crippen LogP contribution in [0.1, 0.15) is 74.0 Å². The number of fused-ring (bicyclic) bond motifs is 2. The molecule has 0 saturated heterocycles. The first kappa shape index (κ1) is 36.1. The summed E-state index contributed by atoms with van der Waals surface area (Å²) in [7, 11) is 0. The summed E-state index contributed by atoms with van der Waals surface area (Å²) >= 11 is 0. The Hall–Kier alpha value is -5.31. The molecular formula is C45H47N3O5. The molecule has 2 N–H and O–H groups in total. The average molecular weight is 710 g/mol. The van der Waals surface area contributed by atoms with E-state index in [1.54, 1.807) is 39.8 Å². The normalized spacial score (nSPS) is 20.0. The number of nitrogens with zero attached hydrogens (tertiary/aromatic N) is 3. The van der Waals surface area contributed by atoms with E-state index in [-0.39, 0.29) is 37.4 Å². The summed E-state index contributed by atoms with van der Waals surface area (Å²) in [4.78, 5) is 46.8. The first-order chi connectivity index (χ1) is 25.5. The third-order valence-corrected chi connectivity index (χ3v) is 11.0. The van der Waals surface area contributed by atoms with E-state index >= 15 is 0 Å². The van der Waals surface area contributed by atoms with Crippen molar-refractivity contribution in [3.05, 3.63) is 137 Å². The van der Waals surface area contributed by atoms with Crippen molar-refractivity contribution in [2.45, 2.75) is 71.6 Å². The van der Waals surface area contributed by atoms with Gasteiger partial charge in [0.25, 0.3) is 11.8 Å². The number of hydrogen-bond acceptors (Lipinski definition) is 5. The summed E-state index contributed by atoms with van der Waals surface area (Å²) in [6.45, 7) is 8.56. The lowest BCUT2D eigenvalue weighted by atomic mass is 9.82. The van der Waals surface area contributed by atoms with E-state index in [1.807, 2.05) is 78.9 Å². The minimum absolute atomic E-state index is 0.0576. The molecule has 0 unspecified atom stereocenters. The molecule has 8 nitrogen and oxygen atoms in total. The fraction of sp³-hybridized carbons (Fsp3) is 0.311. The van der Waals surface area contributed by atoms with E-state index in [4.69, 9.17) is 0 Å². The van der Waals surface area contributed by atoms with Crippen molar-refractivity contribution < 1.29 is 24.6 Å². The van der Waals surface area contributed by atoms with Gasteiger partial charge in [0.15, 0.2) is 5.60 Å². The lowest BCUT2D eigenvalue weighted by Gasteiger charge is -2.36. The molecule has 0 saturated carbocycles. The third kappa shape index (κ3) is 6.51. The molecule has 3 aliphatic heterocycles. The van der Waals surface area contributed by atoms with Crippen LogP contribution in [0.25, 0.3) is 10.8 Å². The Bertz CT molecular complexity index is 2190. The van der Waals surface area contributed by atoms with Gasteiger partial charge in [0.05, 0.1) is 29.6 Å². The van der Waals surface area contributed by atoms with E-state index in [0.717, 1.165) is 46.0 Å². The molecular weight excluding hydrogens is 663 g/mol. The number of anilines is 3. The van der Waals surface area contributed by atoms with Gasteiger partial charge >= 0.3 is 0 Å². The molecule has 3 atom stereocenters. The first-order valence-electron chi connectivity index (χ1n) is 18.5. The van der Waals surface area contributed by atoms with Crippen LogP contribution in [0.3, 0.4) is 0 Å². The standard InChI is InChI=1S/C45H47N3O5/c1-29(2)11-7-12-30(3)23-24-46-39-22-21-35(48-40-19-10-17-32-16-9-18-37(42(32)40)43(48)51)26-38(39)45(53,44(46)52)31(4)13-8-20-41(50)47-27-34-15-6-5-14-33(34)25-36(47)28-49/h5-6,8-11,13-19,21-23,26,31,36,49,53H,7,12,20,24-25,27-28H2,1-4H3/b13-8+,30-23+/t31-,36+,45+/m1/s1. The Morgan fingerprint density at radius 1 is 0.943 bits per heavy atom. The number of amides is 3. The maximum atomic E-state index is 14.4. The van der Waals surface area contributed by atoms with Gasteiger partial charge in [0, 0.05) is 42.1 Å². The van der Waals surface area contributed by atoms with Crippen molar-refractivity contribution in [1.29, 1.82) is 0 Å². The molecule has 8 heteroatoms. The Morgan fingerprint density at radius 2 is 1.70 bits per heavy atom. The number of hydrogen-bond donors (Lipinski definition) is 2. The number of allylic oxidation sites excluding steroid dienone is 3. The second kappa shape index (κ2) is 14.6. The highest BCUT2D eigenvalue weighted by Crippen LogP contribution is 2.49. The highest BCUT2D eigenvalue weighted by molar-refractivity contribution is 6.28. The number of carbonyl (C=O) groups is 3. The van der Waals surface area contributed by atoms with Gasteiger partial charge in [-0.3, -0.25) is 19.3 Å². The van der Waals surface area contributed by atoms with Crippen LogP contribution in [0.2, 0.25) is 0 Å². The van der Waals surface area contributed by atoms with Crippen molar-refractivity contribution in [3.8, 4) is 0 Å². The van der Waals surface area contributed by atoms with Crippen LogP contribution >= 0.6 is 0 Å². The minimum Gasteiger partial charge on any atom is -0.394 e. The zero-order chi connectivity index (χ0) is 37.4. The second-order valence-electron chi connectivity index (χ2n) is 14.8. The number of rotatable bonds is 11. The zero-order valence-electron chi connectivity index (χ0n) is 30.9. The number of aliphatic hydroxyl groups excluding tert-OH is 1. The maximum absolute atomic E-state index is 14.4. The molecule has 3 heterocycles. The van der Waals surface area contributed by atoms with Gasteiger partial charge in [0.2, 0.25) is 5.91 Å². The third-order valence-electron chi connectivity index (χ3n) is 11.0. The van der Waals surface area contributed by atoms with Crippen LogP contribution < -0.4 is 9.80 Å². The molecule has 4 aromatic carbocycles. The SMILES string of the molecule is CC(C)=CCC/C(C)=C/CN1C(=O)[C@](O)([C@H](C)/C=C/CC(=O)N2Cc3ccccc3C[C@H]2CO)c2cc(N3C(=O)c4cccc5cccc3c45)ccc21. The number of aliphatic hydroxyl groups is 2. The summed E-state index contributed by atoms with van der Waals surface area (Å²) in [6, 6.07) is 24.6. The van der Waals surface area contributed by atoms with Crippen molar-refractivity contribution in [1.82, 2.24) is 4.90 Å². The summed E-state index contributed by atoms with van der Waals surface area (Å²) in [5, 5.41) is 24.5. The molecule has 0 spiro atoms. The predicted octanol–water partition coefficient (Wildman–Crippen LogP) is 7.89. The molecule has 0 fully saturated rings.